The Kier molecular flexibility index (Phi) is 9.70. The van der Waals surface area contributed by atoms with E-state index in [4.69, 9.17) is 0 Å². The normalized spacial score (nSPS) is 21.5. The van der Waals surface area contributed by atoms with Crippen molar-refractivity contribution >= 4 is 5.91 Å². The van der Waals surface area contributed by atoms with Crippen LogP contribution in [0.1, 0.15) is 91.5 Å². The van der Waals surface area contributed by atoms with E-state index >= 15 is 0 Å². The Morgan fingerprint density at radius 3 is 2.11 bits per heavy atom. The van der Waals surface area contributed by atoms with Gasteiger partial charge in [0.15, 0.2) is 0 Å². The van der Waals surface area contributed by atoms with Crippen LogP contribution in [0, 0.1) is 11.8 Å². The van der Waals surface area contributed by atoms with Crippen LogP contribution in [0.4, 0.5) is 0 Å². The van der Waals surface area contributed by atoms with Gasteiger partial charge in [-0.3, -0.25) is 4.79 Å². The number of benzene rings is 2. The van der Waals surface area contributed by atoms with Gasteiger partial charge in [0.25, 0.3) is 0 Å². The highest BCUT2D eigenvalue weighted by Crippen LogP contribution is 2.32. The molecule has 38 heavy (non-hydrogen) atoms. The van der Waals surface area contributed by atoms with Crippen LogP contribution in [0.2, 0.25) is 0 Å². The molecule has 1 heterocycles. The zero-order valence-corrected chi connectivity index (χ0v) is 24.5. The zero-order valence-electron chi connectivity index (χ0n) is 24.5. The van der Waals surface area contributed by atoms with Gasteiger partial charge in [0.1, 0.15) is 0 Å². The molecule has 1 aliphatic heterocycles. The average molecular weight is 518 g/mol. The van der Waals surface area contributed by atoms with Crippen molar-refractivity contribution in [2.45, 2.75) is 116 Å². The molecule has 1 aliphatic carbocycles. The van der Waals surface area contributed by atoms with Crippen molar-refractivity contribution in [3.8, 4) is 11.1 Å². The van der Waals surface area contributed by atoms with Crippen molar-refractivity contribution in [2.75, 3.05) is 6.54 Å². The lowest BCUT2D eigenvalue weighted by molar-refractivity contribution is -0.128. The summed E-state index contributed by atoms with van der Waals surface area (Å²) >= 11 is 0. The number of carbonyl (C=O) groups excluding carboxylic acids is 1. The van der Waals surface area contributed by atoms with E-state index in [1.165, 1.54) is 48.8 Å². The van der Waals surface area contributed by atoms with Gasteiger partial charge >= 0.3 is 0 Å². The van der Waals surface area contributed by atoms with Crippen LogP contribution in [-0.4, -0.2) is 35.6 Å². The Hall–Kier alpha value is -2.17. The molecule has 4 rings (SSSR count). The molecule has 4 nitrogen and oxygen atoms in total. The molecular formula is C34H51N3O. The first-order valence-corrected chi connectivity index (χ1v) is 15.1. The lowest BCUT2D eigenvalue weighted by Gasteiger charge is -2.47. The Balaban J connectivity index is 1.46. The van der Waals surface area contributed by atoms with E-state index < -0.39 is 0 Å². The van der Waals surface area contributed by atoms with Gasteiger partial charge < -0.3 is 16.0 Å². The maximum Gasteiger partial charge on any atom is 0.223 e. The standard InChI is InChI=1S/C34H51N3O/c1-6-31(28-15-11-8-12-16-28)32(38)36-29(24-35-30-22-33(2,3)37-34(4,5)23-30)21-25-17-19-27(20-18-25)26-13-9-7-10-14-26/h7,9-10,13-14,17-20,28-31,35,37H,6,8,11-12,15-16,21-24H2,1-5H3,(H,36,38)/t29-,31?/m0/s1. The van der Waals surface area contributed by atoms with Gasteiger partial charge in [-0.2, -0.15) is 0 Å². The molecule has 1 unspecified atom stereocenters. The van der Waals surface area contributed by atoms with Gasteiger partial charge in [0.05, 0.1) is 0 Å². The summed E-state index contributed by atoms with van der Waals surface area (Å²) in [7, 11) is 0. The third kappa shape index (κ3) is 8.16. The number of rotatable bonds is 10. The maximum absolute atomic E-state index is 13.6. The summed E-state index contributed by atoms with van der Waals surface area (Å²) in [6.45, 7) is 12.2. The van der Waals surface area contributed by atoms with Gasteiger partial charge in [-0.25, -0.2) is 0 Å². The number of hydrogen-bond acceptors (Lipinski definition) is 3. The first kappa shape index (κ1) is 28.8. The molecular weight excluding hydrogens is 466 g/mol. The lowest BCUT2D eigenvalue weighted by atomic mass is 9.78. The van der Waals surface area contributed by atoms with Crippen molar-refractivity contribution in [1.29, 1.82) is 0 Å². The van der Waals surface area contributed by atoms with Gasteiger partial charge in [0, 0.05) is 35.6 Å². The first-order chi connectivity index (χ1) is 18.1. The lowest BCUT2D eigenvalue weighted by Crippen LogP contribution is -2.62. The van der Waals surface area contributed by atoms with E-state index in [0.717, 1.165) is 32.2 Å². The van der Waals surface area contributed by atoms with Crippen LogP contribution in [0.5, 0.6) is 0 Å². The minimum absolute atomic E-state index is 0.0730. The molecule has 0 bridgehead atoms. The van der Waals surface area contributed by atoms with Crippen molar-refractivity contribution in [3.63, 3.8) is 0 Å². The highest BCUT2D eigenvalue weighted by Gasteiger charge is 2.37. The fourth-order valence-corrected chi connectivity index (χ4v) is 7.28. The molecule has 1 saturated carbocycles. The minimum atomic E-state index is 0.0730. The van der Waals surface area contributed by atoms with E-state index in [0.29, 0.717) is 12.0 Å². The van der Waals surface area contributed by atoms with E-state index in [1.54, 1.807) is 0 Å². The molecule has 1 saturated heterocycles. The van der Waals surface area contributed by atoms with Gasteiger partial charge in [-0.15, -0.1) is 0 Å². The van der Waals surface area contributed by atoms with Crippen LogP contribution < -0.4 is 16.0 Å². The third-order valence-electron chi connectivity index (χ3n) is 8.73. The third-order valence-corrected chi connectivity index (χ3v) is 8.73. The number of amides is 1. The number of carbonyl (C=O) groups is 1. The molecule has 0 aromatic heterocycles. The number of piperidine rings is 1. The van der Waals surface area contributed by atoms with Crippen LogP contribution >= 0.6 is 0 Å². The molecule has 2 atom stereocenters. The molecule has 2 aromatic rings. The minimum Gasteiger partial charge on any atom is -0.352 e. The molecule has 1 amide bonds. The summed E-state index contributed by atoms with van der Waals surface area (Å²) in [5.74, 6) is 0.937. The smallest absolute Gasteiger partial charge is 0.223 e. The second-order valence-electron chi connectivity index (χ2n) is 13.3. The van der Waals surface area contributed by atoms with Crippen molar-refractivity contribution in [1.82, 2.24) is 16.0 Å². The SMILES string of the molecule is CCC(C(=O)N[C@H](CNC1CC(C)(C)NC(C)(C)C1)Cc1ccc(-c2ccccc2)cc1)C1CCCCC1. The van der Waals surface area contributed by atoms with Gasteiger partial charge in [-0.1, -0.05) is 80.8 Å². The predicted molar refractivity (Wildman–Crippen MR) is 160 cm³/mol. The Morgan fingerprint density at radius 1 is 0.895 bits per heavy atom. The van der Waals surface area contributed by atoms with Gasteiger partial charge in [-0.05, 0) is 88.8 Å². The first-order valence-electron chi connectivity index (χ1n) is 15.1. The molecule has 0 spiro atoms. The highest BCUT2D eigenvalue weighted by atomic mass is 16.2. The van der Waals surface area contributed by atoms with Gasteiger partial charge in [0.2, 0.25) is 5.91 Å². The Morgan fingerprint density at radius 2 is 1.50 bits per heavy atom. The summed E-state index contributed by atoms with van der Waals surface area (Å²) in [6, 6.07) is 19.9. The monoisotopic (exact) mass is 517 g/mol. The van der Waals surface area contributed by atoms with Crippen LogP contribution in [-0.2, 0) is 11.2 Å². The summed E-state index contributed by atoms with van der Waals surface area (Å²) in [6.07, 6.45) is 10.2. The van der Waals surface area contributed by atoms with E-state index in [9.17, 15) is 4.79 Å². The Labute approximate surface area is 231 Å². The summed E-state index contributed by atoms with van der Waals surface area (Å²) in [5, 5.41) is 11.2. The molecule has 2 aliphatic rings. The van der Waals surface area contributed by atoms with Crippen LogP contribution in [0.25, 0.3) is 11.1 Å². The fourth-order valence-electron chi connectivity index (χ4n) is 7.28. The predicted octanol–water partition coefficient (Wildman–Crippen LogP) is 6.89. The zero-order chi connectivity index (χ0) is 27.2. The van der Waals surface area contributed by atoms with Crippen molar-refractivity contribution in [2.24, 2.45) is 11.8 Å². The number of hydrogen-bond donors (Lipinski definition) is 3. The molecule has 3 N–H and O–H groups in total. The molecule has 0 radical (unpaired) electrons. The second-order valence-corrected chi connectivity index (χ2v) is 13.3. The highest BCUT2D eigenvalue weighted by molar-refractivity contribution is 5.79. The summed E-state index contributed by atoms with van der Waals surface area (Å²) < 4.78 is 0. The summed E-state index contributed by atoms with van der Waals surface area (Å²) in [4.78, 5) is 13.6. The van der Waals surface area contributed by atoms with E-state index in [2.05, 4.69) is 105 Å². The van der Waals surface area contributed by atoms with E-state index in [-0.39, 0.29) is 28.9 Å². The van der Waals surface area contributed by atoms with Crippen LogP contribution in [0.15, 0.2) is 54.6 Å². The molecule has 2 aromatic carbocycles. The van der Waals surface area contributed by atoms with E-state index in [1.807, 2.05) is 0 Å². The fraction of sp³-hybridized carbons (Fsp3) is 0.618. The van der Waals surface area contributed by atoms with Crippen molar-refractivity contribution in [3.05, 3.63) is 60.2 Å². The average Bonchev–Trinajstić information content (AvgIpc) is 2.87. The second kappa shape index (κ2) is 12.8. The largest absolute Gasteiger partial charge is 0.352 e. The number of nitrogens with one attached hydrogen (secondary N) is 3. The topological polar surface area (TPSA) is 53.2 Å². The summed E-state index contributed by atoms with van der Waals surface area (Å²) in [5.41, 5.74) is 3.93. The molecule has 4 heteroatoms. The van der Waals surface area contributed by atoms with Crippen LogP contribution in [0.3, 0.4) is 0 Å². The molecule has 2 fully saturated rings. The maximum atomic E-state index is 13.6. The Bertz CT molecular complexity index is 992. The molecule has 208 valence electrons. The quantitative estimate of drug-likeness (QED) is 0.322. The van der Waals surface area contributed by atoms with Crippen molar-refractivity contribution < 1.29 is 4.79 Å².